The fourth-order valence-electron chi connectivity index (χ4n) is 2.87. The van der Waals surface area contributed by atoms with Crippen LogP contribution in [0.5, 0.6) is 0 Å². The second-order valence-corrected chi connectivity index (χ2v) is 6.24. The van der Waals surface area contributed by atoms with Crippen LogP contribution in [0.3, 0.4) is 0 Å². The number of ether oxygens (including phenoxy) is 1. The first-order valence-electron chi connectivity index (χ1n) is 7.70. The zero-order valence-corrected chi connectivity index (χ0v) is 13.2. The lowest BCUT2D eigenvalue weighted by Gasteiger charge is -2.37. The summed E-state index contributed by atoms with van der Waals surface area (Å²) >= 11 is 0. The SMILES string of the molecule is CCc1nnc(CN(CC)C[C@H]2CCOC(C)(C)C2)o1. The Morgan fingerprint density at radius 2 is 2.00 bits per heavy atom. The standard InChI is InChI=1S/C15H27N3O2/c1-5-13-16-17-14(20-13)11-18(6-2)10-12-7-8-19-15(3,4)9-12/h12H,5-11H2,1-4H3/t12-/m0/s1. The van der Waals surface area contributed by atoms with Crippen molar-refractivity contribution in [2.75, 3.05) is 19.7 Å². The van der Waals surface area contributed by atoms with Crippen molar-refractivity contribution in [2.45, 2.75) is 59.1 Å². The summed E-state index contributed by atoms with van der Waals surface area (Å²) in [5.41, 5.74) is 0.0161. The minimum absolute atomic E-state index is 0.0161. The molecule has 0 bridgehead atoms. The largest absolute Gasteiger partial charge is 0.424 e. The number of hydrogen-bond acceptors (Lipinski definition) is 5. The molecule has 114 valence electrons. The van der Waals surface area contributed by atoms with E-state index in [2.05, 4.69) is 35.9 Å². The van der Waals surface area contributed by atoms with E-state index in [4.69, 9.17) is 9.15 Å². The molecule has 0 amide bonds. The highest BCUT2D eigenvalue weighted by atomic mass is 16.5. The summed E-state index contributed by atoms with van der Waals surface area (Å²) in [7, 11) is 0. The second-order valence-electron chi connectivity index (χ2n) is 6.24. The first-order chi connectivity index (χ1) is 9.52. The third kappa shape index (κ3) is 4.28. The van der Waals surface area contributed by atoms with Gasteiger partial charge in [-0.15, -0.1) is 10.2 Å². The third-order valence-corrected chi connectivity index (χ3v) is 3.93. The molecule has 5 nitrogen and oxygen atoms in total. The Balaban J connectivity index is 1.88. The molecule has 2 rings (SSSR count). The number of nitrogens with zero attached hydrogens (tertiary/aromatic N) is 3. The molecule has 1 fully saturated rings. The normalized spacial score (nSPS) is 22.4. The minimum atomic E-state index is 0.0161. The molecule has 0 aliphatic carbocycles. The number of rotatable bonds is 6. The Bertz CT molecular complexity index is 417. The molecule has 0 aromatic carbocycles. The molecular formula is C15H27N3O2. The lowest BCUT2D eigenvalue weighted by Crippen LogP contribution is -2.39. The Hall–Kier alpha value is -0.940. The van der Waals surface area contributed by atoms with Crippen LogP contribution in [-0.4, -0.2) is 40.4 Å². The molecule has 0 unspecified atom stereocenters. The number of aromatic nitrogens is 2. The van der Waals surface area contributed by atoms with Crippen molar-refractivity contribution < 1.29 is 9.15 Å². The number of aryl methyl sites for hydroxylation is 1. The molecule has 1 aliphatic heterocycles. The second kappa shape index (κ2) is 6.68. The van der Waals surface area contributed by atoms with Crippen LogP contribution in [0.15, 0.2) is 4.42 Å². The summed E-state index contributed by atoms with van der Waals surface area (Å²) in [6.07, 6.45) is 3.06. The van der Waals surface area contributed by atoms with Gasteiger partial charge in [-0.2, -0.15) is 0 Å². The molecular weight excluding hydrogens is 254 g/mol. The molecule has 20 heavy (non-hydrogen) atoms. The van der Waals surface area contributed by atoms with Crippen LogP contribution in [-0.2, 0) is 17.7 Å². The first kappa shape index (κ1) is 15.4. The third-order valence-electron chi connectivity index (χ3n) is 3.93. The van der Waals surface area contributed by atoms with E-state index < -0.39 is 0 Å². The van der Waals surface area contributed by atoms with Crippen LogP contribution in [0, 0.1) is 5.92 Å². The van der Waals surface area contributed by atoms with Gasteiger partial charge in [-0.25, -0.2) is 0 Å². The molecule has 0 radical (unpaired) electrons. The Labute approximate surface area is 121 Å². The van der Waals surface area contributed by atoms with Crippen molar-refractivity contribution in [3.63, 3.8) is 0 Å². The van der Waals surface area contributed by atoms with Gasteiger partial charge < -0.3 is 9.15 Å². The minimum Gasteiger partial charge on any atom is -0.424 e. The van der Waals surface area contributed by atoms with Gasteiger partial charge in [-0.1, -0.05) is 13.8 Å². The molecule has 0 saturated carbocycles. The lowest BCUT2D eigenvalue weighted by atomic mass is 9.88. The molecule has 0 N–H and O–H groups in total. The van der Waals surface area contributed by atoms with Gasteiger partial charge in [0.1, 0.15) is 0 Å². The maximum absolute atomic E-state index is 5.79. The van der Waals surface area contributed by atoms with Crippen molar-refractivity contribution >= 4 is 0 Å². The van der Waals surface area contributed by atoms with Gasteiger partial charge in [0.05, 0.1) is 12.1 Å². The van der Waals surface area contributed by atoms with Crippen molar-refractivity contribution in [2.24, 2.45) is 5.92 Å². The predicted molar refractivity (Wildman–Crippen MR) is 77.4 cm³/mol. The van der Waals surface area contributed by atoms with E-state index in [1.165, 1.54) is 0 Å². The first-order valence-corrected chi connectivity index (χ1v) is 7.70. The van der Waals surface area contributed by atoms with E-state index in [-0.39, 0.29) is 5.60 Å². The zero-order valence-electron chi connectivity index (χ0n) is 13.2. The van der Waals surface area contributed by atoms with E-state index in [0.29, 0.717) is 5.92 Å². The van der Waals surface area contributed by atoms with Crippen LogP contribution in [0.4, 0.5) is 0 Å². The molecule has 5 heteroatoms. The van der Waals surface area contributed by atoms with Crippen molar-refractivity contribution in [1.29, 1.82) is 0 Å². The van der Waals surface area contributed by atoms with Gasteiger partial charge in [0.2, 0.25) is 11.8 Å². The summed E-state index contributed by atoms with van der Waals surface area (Å²) in [6, 6.07) is 0. The summed E-state index contributed by atoms with van der Waals surface area (Å²) in [4.78, 5) is 2.39. The van der Waals surface area contributed by atoms with Gasteiger partial charge in [0, 0.05) is 19.6 Å². The predicted octanol–water partition coefficient (Wildman–Crippen LogP) is 2.66. The summed E-state index contributed by atoms with van der Waals surface area (Å²) in [5.74, 6) is 2.14. The van der Waals surface area contributed by atoms with Gasteiger partial charge in [-0.05, 0) is 39.2 Å². The zero-order chi connectivity index (χ0) is 14.6. The molecule has 1 aliphatic rings. The monoisotopic (exact) mass is 281 g/mol. The molecule has 2 heterocycles. The van der Waals surface area contributed by atoms with E-state index in [9.17, 15) is 0 Å². The molecule has 1 atom stereocenters. The Kier molecular flexibility index (Phi) is 5.16. The lowest BCUT2D eigenvalue weighted by molar-refractivity contribution is -0.0771. The van der Waals surface area contributed by atoms with Crippen molar-refractivity contribution in [3.05, 3.63) is 11.8 Å². The van der Waals surface area contributed by atoms with E-state index in [1.54, 1.807) is 0 Å². The molecule has 0 spiro atoms. The van der Waals surface area contributed by atoms with Crippen LogP contribution >= 0.6 is 0 Å². The van der Waals surface area contributed by atoms with Gasteiger partial charge in [0.15, 0.2) is 0 Å². The van der Waals surface area contributed by atoms with Gasteiger partial charge in [-0.3, -0.25) is 4.90 Å². The molecule has 1 aromatic heterocycles. The quantitative estimate of drug-likeness (QED) is 0.802. The van der Waals surface area contributed by atoms with Crippen LogP contribution in [0.2, 0.25) is 0 Å². The number of hydrogen-bond donors (Lipinski definition) is 0. The smallest absolute Gasteiger partial charge is 0.230 e. The van der Waals surface area contributed by atoms with Crippen LogP contribution < -0.4 is 0 Å². The van der Waals surface area contributed by atoms with E-state index in [1.807, 2.05) is 6.92 Å². The highest BCUT2D eigenvalue weighted by Crippen LogP contribution is 2.29. The fraction of sp³-hybridized carbons (Fsp3) is 0.867. The van der Waals surface area contributed by atoms with E-state index >= 15 is 0 Å². The van der Waals surface area contributed by atoms with Crippen LogP contribution in [0.25, 0.3) is 0 Å². The highest BCUT2D eigenvalue weighted by molar-refractivity contribution is 4.84. The molecule has 1 aromatic rings. The van der Waals surface area contributed by atoms with Crippen LogP contribution in [0.1, 0.15) is 52.3 Å². The van der Waals surface area contributed by atoms with Crippen molar-refractivity contribution in [1.82, 2.24) is 15.1 Å². The van der Waals surface area contributed by atoms with Gasteiger partial charge >= 0.3 is 0 Å². The fourth-order valence-corrected chi connectivity index (χ4v) is 2.87. The summed E-state index contributed by atoms with van der Waals surface area (Å²) in [5, 5.41) is 8.14. The summed E-state index contributed by atoms with van der Waals surface area (Å²) < 4.78 is 11.4. The average molecular weight is 281 g/mol. The van der Waals surface area contributed by atoms with Gasteiger partial charge in [0.25, 0.3) is 0 Å². The van der Waals surface area contributed by atoms with E-state index in [0.717, 1.165) is 57.3 Å². The average Bonchev–Trinajstić information content (AvgIpc) is 2.84. The highest BCUT2D eigenvalue weighted by Gasteiger charge is 2.29. The summed E-state index contributed by atoms with van der Waals surface area (Å²) in [6.45, 7) is 12.3. The Morgan fingerprint density at radius 1 is 1.25 bits per heavy atom. The topological polar surface area (TPSA) is 51.4 Å². The Morgan fingerprint density at radius 3 is 2.60 bits per heavy atom. The maximum Gasteiger partial charge on any atom is 0.230 e. The molecule has 1 saturated heterocycles. The van der Waals surface area contributed by atoms with Crippen molar-refractivity contribution in [3.8, 4) is 0 Å². The maximum atomic E-state index is 5.79.